The molecule has 0 saturated heterocycles. The predicted molar refractivity (Wildman–Crippen MR) is 79.2 cm³/mol. The van der Waals surface area contributed by atoms with Crippen LogP contribution in [0.5, 0.6) is 11.5 Å². The molecule has 0 heterocycles. The monoisotopic (exact) mass is 328 g/mol. The maximum Gasteiger partial charge on any atom is 0.200 e. The number of ketones is 1. The van der Waals surface area contributed by atoms with Crippen LogP contribution in [0.25, 0.3) is 0 Å². The van der Waals surface area contributed by atoms with Crippen LogP contribution >= 0.6 is 23.2 Å². The Balaban J connectivity index is 2.04. The van der Waals surface area contributed by atoms with Gasteiger partial charge in [-0.25, -0.2) is 4.39 Å². The average molecular weight is 329 g/mol. The maximum absolute atomic E-state index is 13.5. The van der Waals surface area contributed by atoms with Crippen molar-refractivity contribution in [2.45, 2.75) is 0 Å². The van der Waals surface area contributed by atoms with E-state index in [1.165, 1.54) is 25.3 Å². The summed E-state index contributed by atoms with van der Waals surface area (Å²) >= 11 is 11.6. The molecular formula is C15H11Cl2FO3. The standard InChI is InChI=1S/C15H11Cl2FO3/c1-20-15-5-2-9(6-13(15)18)14(19)8-21-10-3-4-11(16)12(17)7-10/h2-7H,8H2,1H3. The fourth-order valence-corrected chi connectivity index (χ4v) is 1.93. The molecule has 0 atom stereocenters. The van der Waals surface area contributed by atoms with Crippen LogP contribution in [0.2, 0.25) is 10.0 Å². The second-order valence-electron chi connectivity index (χ2n) is 4.14. The van der Waals surface area contributed by atoms with Crippen LogP contribution in [0.3, 0.4) is 0 Å². The lowest BCUT2D eigenvalue weighted by atomic mass is 10.1. The molecule has 2 aromatic rings. The summed E-state index contributed by atoms with van der Waals surface area (Å²) in [5.74, 6) is -0.468. The molecule has 6 heteroatoms. The highest BCUT2D eigenvalue weighted by atomic mass is 35.5. The van der Waals surface area contributed by atoms with Gasteiger partial charge in [-0.05, 0) is 30.3 Å². The van der Waals surface area contributed by atoms with E-state index in [0.29, 0.717) is 15.8 Å². The first-order valence-corrected chi connectivity index (χ1v) is 6.71. The molecule has 0 N–H and O–H groups in total. The second kappa shape index (κ2) is 6.78. The Hall–Kier alpha value is -1.78. The fraction of sp³-hybridized carbons (Fsp3) is 0.133. The predicted octanol–water partition coefficient (Wildman–Crippen LogP) is 4.40. The van der Waals surface area contributed by atoms with Crippen molar-refractivity contribution in [1.82, 2.24) is 0 Å². The van der Waals surface area contributed by atoms with Crippen molar-refractivity contribution < 1.29 is 18.7 Å². The van der Waals surface area contributed by atoms with Gasteiger partial charge < -0.3 is 9.47 Å². The number of methoxy groups -OCH3 is 1. The van der Waals surface area contributed by atoms with E-state index in [0.717, 1.165) is 6.07 Å². The molecule has 0 radical (unpaired) electrons. The molecule has 21 heavy (non-hydrogen) atoms. The molecule has 2 aromatic carbocycles. The zero-order valence-corrected chi connectivity index (χ0v) is 12.5. The lowest BCUT2D eigenvalue weighted by Gasteiger charge is -2.07. The summed E-state index contributed by atoms with van der Waals surface area (Å²) in [6, 6.07) is 8.64. The van der Waals surface area contributed by atoms with Crippen molar-refractivity contribution in [3.8, 4) is 11.5 Å². The van der Waals surface area contributed by atoms with Crippen LogP contribution in [-0.2, 0) is 0 Å². The van der Waals surface area contributed by atoms with Crippen LogP contribution in [0.15, 0.2) is 36.4 Å². The zero-order chi connectivity index (χ0) is 15.4. The summed E-state index contributed by atoms with van der Waals surface area (Å²) in [7, 11) is 1.35. The molecule has 0 aliphatic heterocycles. The molecule has 0 aliphatic rings. The molecule has 0 aliphatic carbocycles. The lowest BCUT2D eigenvalue weighted by Crippen LogP contribution is -2.12. The van der Waals surface area contributed by atoms with E-state index in [-0.39, 0.29) is 23.7 Å². The quantitative estimate of drug-likeness (QED) is 0.763. The average Bonchev–Trinajstić information content (AvgIpc) is 2.48. The van der Waals surface area contributed by atoms with E-state index in [9.17, 15) is 9.18 Å². The Morgan fingerprint density at radius 1 is 1.14 bits per heavy atom. The first kappa shape index (κ1) is 15.6. The van der Waals surface area contributed by atoms with Gasteiger partial charge in [-0.3, -0.25) is 4.79 Å². The van der Waals surface area contributed by atoms with E-state index in [4.69, 9.17) is 32.7 Å². The van der Waals surface area contributed by atoms with Crippen LogP contribution in [0.4, 0.5) is 4.39 Å². The van der Waals surface area contributed by atoms with Gasteiger partial charge in [0, 0.05) is 11.6 Å². The Morgan fingerprint density at radius 3 is 2.52 bits per heavy atom. The first-order chi connectivity index (χ1) is 10.0. The van der Waals surface area contributed by atoms with Crippen molar-refractivity contribution in [3.63, 3.8) is 0 Å². The number of hydrogen-bond donors (Lipinski definition) is 0. The van der Waals surface area contributed by atoms with E-state index in [1.807, 2.05) is 0 Å². The van der Waals surface area contributed by atoms with Crippen molar-refractivity contribution in [2.75, 3.05) is 13.7 Å². The number of rotatable bonds is 5. The summed E-state index contributed by atoms with van der Waals surface area (Å²) in [4.78, 5) is 11.9. The van der Waals surface area contributed by atoms with E-state index in [2.05, 4.69) is 0 Å². The second-order valence-corrected chi connectivity index (χ2v) is 4.95. The van der Waals surface area contributed by atoms with Gasteiger partial charge in [0.1, 0.15) is 5.75 Å². The van der Waals surface area contributed by atoms with Crippen LogP contribution < -0.4 is 9.47 Å². The fourth-order valence-electron chi connectivity index (χ4n) is 1.64. The number of carbonyl (C=O) groups excluding carboxylic acids is 1. The Bertz CT molecular complexity index is 674. The lowest BCUT2D eigenvalue weighted by molar-refractivity contribution is 0.0921. The molecular weight excluding hydrogens is 318 g/mol. The largest absolute Gasteiger partial charge is 0.494 e. The minimum absolute atomic E-state index is 0.0805. The molecule has 0 amide bonds. The third-order valence-corrected chi connectivity index (χ3v) is 3.47. The van der Waals surface area contributed by atoms with Gasteiger partial charge in [-0.2, -0.15) is 0 Å². The molecule has 0 saturated carbocycles. The van der Waals surface area contributed by atoms with Crippen LogP contribution in [0, 0.1) is 5.82 Å². The van der Waals surface area contributed by atoms with Gasteiger partial charge in [0.15, 0.2) is 24.0 Å². The molecule has 110 valence electrons. The minimum atomic E-state index is -0.599. The molecule has 0 fully saturated rings. The Morgan fingerprint density at radius 2 is 1.90 bits per heavy atom. The van der Waals surface area contributed by atoms with Crippen molar-refractivity contribution in [1.29, 1.82) is 0 Å². The Kier molecular flexibility index (Phi) is 5.04. The summed E-state index contributed by atoms with van der Waals surface area (Å²) in [6.45, 7) is -0.232. The molecule has 2 rings (SSSR count). The molecule has 0 bridgehead atoms. The summed E-state index contributed by atoms with van der Waals surface area (Å²) < 4.78 is 23.6. The first-order valence-electron chi connectivity index (χ1n) is 5.96. The SMILES string of the molecule is COc1ccc(C(=O)COc2ccc(Cl)c(Cl)c2)cc1F. The van der Waals surface area contributed by atoms with E-state index < -0.39 is 5.82 Å². The Labute approximate surface area is 131 Å². The van der Waals surface area contributed by atoms with Gasteiger partial charge in [0.2, 0.25) is 0 Å². The third kappa shape index (κ3) is 3.86. The van der Waals surface area contributed by atoms with Gasteiger partial charge >= 0.3 is 0 Å². The molecule has 0 spiro atoms. The van der Waals surface area contributed by atoms with E-state index in [1.54, 1.807) is 12.1 Å². The number of hydrogen-bond acceptors (Lipinski definition) is 3. The number of ether oxygens (including phenoxy) is 2. The molecule has 0 aromatic heterocycles. The summed E-state index contributed by atoms with van der Waals surface area (Å²) in [5, 5.41) is 0.727. The normalized spacial score (nSPS) is 10.3. The van der Waals surface area contributed by atoms with Gasteiger partial charge in [0.25, 0.3) is 0 Å². The number of carbonyl (C=O) groups is 1. The van der Waals surface area contributed by atoms with Crippen molar-refractivity contribution in [3.05, 3.63) is 57.8 Å². The van der Waals surface area contributed by atoms with E-state index >= 15 is 0 Å². The highest BCUT2D eigenvalue weighted by Gasteiger charge is 2.11. The summed E-state index contributed by atoms with van der Waals surface area (Å²) in [5.41, 5.74) is 0.202. The number of halogens is 3. The highest BCUT2D eigenvalue weighted by Crippen LogP contribution is 2.26. The van der Waals surface area contributed by atoms with Gasteiger partial charge in [-0.15, -0.1) is 0 Å². The van der Waals surface area contributed by atoms with Gasteiger partial charge in [-0.1, -0.05) is 23.2 Å². The number of Topliss-reactive ketones (excluding diaryl/α,β-unsaturated/α-hetero) is 1. The maximum atomic E-state index is 13.5. The number of benzene rings is 2. The third-order valence-electron chi connectivity index (χ3n) is 2.73. The smallest absolute Gasteiger partial charge is 0.200 e. The molecule has 3 nitrogen and oxygen atoms in total. The summed E-state index contributed by atoms with van der Waals surface area (Å²) in [6.07, 6.45) is 0. The zero-order valence-electron chi connectivity index (χ0n) is 11.0. The highest BCUT2D eigenvalue weighted by molar-refractivity contribution is 6.42. The molecule has 0 unspecified atom stereocenters. The van der Waals surface area contributed by atoms with Crippen molar-refractivity contribution >= 4 is 29.0 Å². The van der Waals surface area contributed by atoms with Gasteiger partial charge in [0.05, 0.1) is 17.2 Å². The topological polar surface area (TPSA) is 35.5 Å². The van der Waals surface area contributed by atoms with Crippen LogP contribution in [-0.4, -0.2) is 19.5 Å². The minimum Gasteiger partial charge on any atom is -0.494 e. The van der Waals surface area contributed by atoms with Crippen LogP contribution in [0.1, 0.15) is 10.4 Å². The van der Waals surface area contributed by atoms with Crippen molar-refractivity contribution in [2.24, 2.45) is 0 Å².